The molecule has 1 amide bonds. The Labute approximate surface area is 254 Å². The van der Waals surface area contributed by atoms with Crippen LogP contribution in [-0.2, 0) is 16.0 Å². The number of allylic oxidation sites excluding steroid dienone is 3. The largest absolute Gasteiger partial charge is 0.481 e. The lowest BCUT2D eigenvalue weighted by Crippen LogP contribution is -2.34. The summed E-state index contributed by atoms with van der Waals surface area (Å²) in [6.45, 7) is 13.7. The number of carboxylic acid groups (broad SMARTS) is 1. The van der Waals surface area contributed by atoms with Crippen LogP contribution in [0, 0.1) is 0 Å². The molecule has 1 aliphatic heterocycles. The molecular formula is C34H41ClN4O3. The normalized spacial score (nSPS) is 14.8. The maximum atomic E-state index is 13.2. The van der Waals surface area contributed by atoms with E-state index in [0.29, 0.717) is 54.5 Å². The Morgan fingerprint density at radius 3 is 2.50 bits per heavy atom. The van der Waals surface area contributed by atoms with Crippen molar-refractivity contribution in [1.82, 2.24) is 19.8 Å². The second-order valence-corrected chi connectivity index (χ2v) is 10.6. The Bertz CT molecular complexity index is 1330. The van der Waals surface area contributed by atoms with Gasteiger partial charge in [0.05, 0.1) is 22.8 Å². The van der Waals surface area contributed by atoms with Gasteiger partial charge in [-0.1, -0.05) is 68.1 Å². The summed E-state index contributed by atoms with van der Waals surface area (Å²) in [6.07, 6.45) is 16.8. The molecule has 1 fully saturated rings. The lowest BCUT2D eigenvalue weighted by Gasteiger charge is -2.21. The molecule has 0 saturated carbocycles. The number of benzene rings is 1. The van der Waals surface area contributed by atoms with E-state index < -0.39 is 5.97 Å². The number of hydrogen-bond donors (Lipinski definition) is 1. The number of amides is 1. The van der Waals surface area contributed by atoms with Gasteiger partial charge in [-0.3, -0.25) is 14.5 Å². The molecule has 222 valence electrons. The van der Waals surface area contributed by atoms with Gasteiger partial charge in [0.1, 0.15) is 0 Å². The minimum Gasteiger partial charge on any atom is -0.481 e. The molecule has 0 radical (unpaired) electrons. The van der Waals surface area contributed by atoms with E-state index in [0.717, 1.165) is 43.7 Å². The van der Waals surface area contributed by atoms with Crippen molar-refractivity contribution in [2.45, 2.75) is 45.4 Å². The van der Waals surface area contributed by atoms with Crippen molar-refractivity contribution in [3.05, 3.63) is 95.5 Å². The first-order valence-electron chi connectivity index (χ1n) is 14.5. The first-order chi connectivity index (χ1) is 20.3. The topological polar surface area (TPSA) is 86.6 Å². The number of hydrogen-bond acceptors (Lipinski definition) is 5. The van der Waals surface area contributed by atoms with Crippen LogP contribution in [0.25, 0.3) is 23.4 Å². The van der Waals surface area contributed by atoms with Crippen LogP contribution in [0.15, 0.2) is 73.4 Å². The molecule has 8 heteroatoms. The van der Waals surface area contributed by atoms with Gasteiger partial charge in [0.25, 0.3) is 0 Å². The molecule has 0 spiro atoms. The fraction of sp³-hybridized carbons (Fsp3) is 0.353. The number of aliphatic carboxylic acids is 1. The first-order valence-corrected chi connectivity index (χ1v) is 14.9. The van der Waals surface area contributed by atoms with Gasteiger partial charge < -0.3 is 10.0 Å². The zero-order valence-electron chi connectivity index (χ0n) is 24.5. The van der Waals surface area contributed by atoms with Crippen molar-refractivity contribution in [1.29, 1.82) is 0 Å². The minimum absolute atomic E-state index is 0.0637. The number of unbranched alkanes of at least 4 members (excludes halogenated alkanes) is 1. The number of carboxylic acids is 1. The Morgan fingerprint density at radius 2 is 1.81 bits per heavy atom. The molecule has 0 unspecified atom stereocenters. The van der Waals surface area contributed by atoms with Crippen molar-refractivity contribution >= 4 is 35.6 Å². The van der Waals surface area contributed by atoms with Gasteiger partial charge in [-0.15, -0.1) is 0 Å². The quantitative estimate of drug-likeness (QED) is 0.147. The summed E-state index contributed by atoms with van der Waals surface area (Å²) in [5.74, 6) is -0.882. The second-order valence-electron chi connectivity index (χ2n) is 10.2. The summed E-state index contributed by atoms with van der Waals surface area (Å²) in [6, 6.07) is 7.37. The van der Waals surface area contributed by atoms with E-state index >= 15 is 0 Å². The third kappa shape index (κ3) is 10.2. The zero-order chi connectivity index (χ0) is 30.3. The zero-order valence-corrected chi connectivity index (χ0v) is 25.2. The summed E-state index contributed by atoms with van der Waals surface area (Å²) in [4.78, 5) is 38.2. The number of nitrogens with zero attached hydrogens (tertiary/aromatic N) is 4. The van der Waals surface area contributed by atoms with Crippen molar-refractivity contribution < 1.29 is 14.7 Å². The SMILES string of the molecule is C=C/C=C(\C=C/CC)CN1CCCN(C(=O)/C=C/c2nc(CCCCC(=O)O)c(-c3ccc(Cl)cc3)nc2C=C)CC1. The number of aryl methyl sites for hydroxylation is 1. The van der Waals surface area contributed by atoms with Gasteiger partial charge >= 0.3 is 5.97 Å². The van der Waals surface area contributed by atoms with Crippen molar-refractivity contribution in [2.24, 2.45) is 0 Å². The Kier molecular flexibility index (Phi) is 13.4. The highest BCUT2D eigenvalue weighted by molar-refractivity contribution is 6.30. The maximum absolute atomic E-state index is 13.2. The number of carbonyl (C=O) groups excluding carboxylic acids is 1. The molecule has 1 aromatic heterocycles. The predicted molar refractivity (Wildman–Crippen MR) is 172 cm³/mol. The highest BCUT2D eigenvalue weighted by atomic mass is 35.5. The third-order valence-electron chi connectivity index (χ3n) is 6.98. The molecule has 2 aromatic rings. The molecule has 42 heavy (non-hydrogen) atoms. The highest BCUT2D eigenvalue weighted by Gasteiger charge is 2.19. The standard InChI is InChI=1S/C34H41ClN4O3/c1-4-7-12-26(11-5-2)25-38-21-10-22-39(24-23-38)32(40)20-19-30-29(6-3)37-34(27-15-17-28(35)18-16-27)31(36-30)13-8-9-14-33(41)42/h5-7,11-12,15-20H,2-4,8-10,13-14,21-25H2,1H3,(H,41,42)/b12-7-,20-19+,26-11+. The van der Waals surface area contributed by atoms with Crippen LogP contribution < -0.4 is 0 Å². The van der Waals surface area contributed by atoms with Crippen LogP contribution in [0.2, 0.25) is 5.02 Å². The van der Waals surface area contributed by atoms with Gasteiger partial charge in [-0.25, -0.2) is 9.97 Å². The Balaban J connectivity index is 1.77. The minimum atomic E-state index is -0.818. The predicted octanol–water partition coefficient (Wildman–Crippen LogP) is 6.86. The maximum Gasteiger partial charge on any atom is 0.303 e. The monoisotopic (exact) mass is 588 g/mol. The number of aromatic nitrogens is 2. The van der Waals surface area contributed by atoms with E-state index in [4.69, 9.17) is 26.7 Å². The summed E-state index contributed by atoms with van der Waals surface area (Å²) >= 11 is 6.10. The summed E-state index contributed by atoms with van der Waals surface area (Å²) in [5.41, 5.74) is 4.64. The van der Waals surface area contributed by atoms with E-state index in [2.05, 4.69) is 37.1 Å². The van der Waals surface area contributed by atoms with Crippen LogP contribution >= 0.6 is 11.6 Å². The van der Waals surface area contributed by atoms with Crippen molar-refractivity contribution in [3.63, 3.8) is 0 Å². The molecule has 7 nitrogen and oxygen atoms in total. The highest BCUT2D eigenvalue weighted by Crippen LogP contribution is 2.26. The lowest BCUT2D eigenvalue weighted by atomic mass is 10.0. The van der Waals surface area contributed by atoms with Gasteiger partial charge in [0, 0.05) is 55.8 Å². The van der Waals surface area contributed by atoms with E-state index in [1.807, 2.05) is 29.2 Å². The van der Waals surface area contributed by atoms with E-state index in [9.17, 15) is 9.59 Å². The van der Waals surface area contributed by atoms with Crippen molar-refractivity contribution in [3.8, 4) is 11.3 Å². The third-order valence-corrected chi connectivity index (χ3v) is 7.23. The first kappa shape index (κ1) is 32.7. The molecule has 1 N–H and O–H groups in total. The van der Waals surface area contributed by atoms with Crippen LogP contribution in [0.5, 0.6) is 0 Å². The number of carbonyl (C=O) groups is 2. The van der Waals surface area contributed by atoms with Gasteiger partial charge in [-0.2, -0.15) is 0 Å². The number of halogens is 1. The molecule has 0 bridgehead atoms. The molecular weight excluding hydrogens is 548 g/mol. The van der Waals surface area contributed by atoms with Crippen LogP contribution in [0.4, 0.5) is 0 Å². The molecule has 3 rings (SSSR count). The molecule has 1 aromatic carbocycles. The smallest absolute Gasteiger partial charge is 0.303 e. The molecule has 0 aliphatic carbocycles. The van der Waals surface area contributed by atoms with Gasteiger partial charge in [0.2, 0.25) is 5.91 Å². The summed E-state index contributed by atoms with van der Waals surface area (Å²) < 4.78 is 0. The van der Waals surface area contributed by atoms with Crippen LogP contribution in [0.3, 0.4) is 0 Å². The lowest BCUT2D eigenvalue weighted by molar-refractivity contribution is -0.137. The van der Waals surface area contributed by atoms with Gasteiger partial charge in [-0.05, 0) is 62.0 Å². The van der Waals surface area contributed by atoms with E-state index in [1.165, 1.54) is 5.57 Å². The molecule has 1 saturated heterocycles. The second kappa shape index (κ2) is 17.2. The molecule has 1 aliphatic rings. The average Bonchev–Trinajstić information content (AvgIpc) is 3.23. The van der Waals surface area contributed by atoms with Crippen molar-refractivity contribution in [2.75, 3.05) is 32.7 Å². The van der Waals surface area contributed by atoms with E-state index in [-0.39, 0.29) is 12.3 Å². The molecule has 0 atom stereocenters. The fourth-order valence-corrected chi connectivity index (χ4v) is 4.92. The Hall–Kier alpha value is -3.81. The number of rotatable bonds is 14. The van der Waals surface area contributed by atoms with Crippen LogP contribution in [-0.4, -0.2) is 69.5 Å². The average molecular weight is 589 g/mol. The Morgan fingerprint density at radius 1 is 1.02 bits per heavy atom. The molecule has 2 heterocycles. The van der Waals surface area contributed by atoms with Crippen LogP contribution in [0.1, 0.15) is 56.1 Å². The van der Waals surface area contributed by atoms with Gasteiger partial charge in [0.15, 0.2) is 0 Å². The summed E-state index contributed by atoms with van der Waals surface area (Å²) in [7, 11) is 0. The summed E-state index contributed by atoms with van der Waals surface area (Å²) in [5, 5.41) is 9.65. The fourth-order valence-electron chi connectivity index (χ4n) is 4.80. The van der Waals surface area contributed by atoms with E-state index in [1.54, 1.807) is 30.4 Å².